The molecular formula is C9H9F2N3. The van der Waals surface area contributed by atoms with Crippen molar-refractivity contribution in [2.45, 2.75) is 6.42 Å². The van der Waals surface area contributed by atoms with Crippen molar-refractivity contribution in [2.24, 2.45) is 5.73 Å². The smallest absolute Gasteiger partial charge is 0.153 e. The predicted octanol–water partition coefficient (Wildman–Crippen LogP) is 1.34. The number of nitrogens with zero attached hydrogens (tertiary/aromatic N) is 1. The average Bonchev–Trinajstić information content (AvgIpc) is 2.48. The van der Waals surface area contributed by atoms with Crippen LogP contribution in [0, 0.1) is 11.6 Å². The molecule has 3 N–H and O–H groups in total. The number of hydrogen-bond acceptors (Lipinski definition) is 2. The number of rotatable bonds is 2. The van der Waals surface area contributed by atoms with Crippen molar-refractivity contribution in [1.82, 2.24) is 9.97 Å². The van der Waals surface area contributed by atoms with Gasteiger partial charge in [0.25, 0.3) is 0 Å². The van der Waals surface area contributed by atoms with Crippen LogP contribution < -0.4 is 5.73 Å². The van der Waals surface area contributed by atoms with Crippen molar-refractivity contribution in [3.63, 3.8) is 0 Å². The summed E-state index contributed by atoms with van der Waals surface area (Å²) >= 11 is 0. The minimum Gasteiger partial charge on any atom is -0.342 e. The Morgan fingerprint density at radius 2 is 2.14 bits per heavy atom. The Kier molecular flexibility index (Phi) is 2.17. The molecule has 1 aromatic heterocycles. The van der Waals surface area contributed by atoms with E-state index in [1.807, 2.05) is 0 Å². The van der Waals surface area contributed by atoms with Gasteiger partial charge in [0, 0.05) is 12.5 Å². The first-order valence-electron chi connectivity index (χ1n) is 4.24. The van der Waals surface area contributed by atoms with Gasteiger partial charge in [0.15, 0.2) is 5.82 Å². The first kappa shape index (κ1) is 9.08. The third kappa shape index (κ3) is 1.46. The second-order valence-corrected chi connectivity index (χ2v) is 3.01. The van der Waals surface area contributed by atoms with Crippen LogP contribution in [0.25, 0.3) is 11.0 Å². The van der Waals surface area contributed by atoms with Crippen molar-refractivity contribution in [3.8, 4) is 0 Å². The molecule has 0 fully saturated rings. The van der Waals surface area contributed by atoms with E-state index in [9.17, 15) is 8.78 Å². The Hall–Kier alpha value is -1.49. The molecule has 0 aliphatic carbocycles. The van der Waals surface area contributed by atoms with Crippen molar-refractivity contribution in [1.29, 1.82) is 0 Å². The first-order chi connectivity index (χ1) is 6.70. The number of halogens is 2. The standard InChI is InChI=1S/C9H9F2N3/c10-5-3-6(11)9-7(4-5)13-8(14-9)1-2-12/h3-4H,1-2,12H2,(H,13,14). The summed E-state index contributed by atoms with van der Waals surface area (Å²) in [6.07, 6.45) is 0.524. The number of imidazole rings is 1. The van der Waals surface area contributed by atoms with Crippen LogP contribution in [0.4, 0.5) is 8.78 Å². The van der Waals surface area contributed by atoms with E-state index in [4.69, 9.17) is 5.73 Å². The van der Waals surface area contributed by atoms with E-state index in [0.29, 0.717) is 24.3 Å². The lowest BCUT2D eigenvalue weighted by Gasteiger charge is -1.90. The lowest BCUT2D eigenvalue weighted by molar-refractivity contribution is 0.590. The molecule has 0 spiro atoms. The van der Waals surface area contributed by atoms with Crippen molar-refractivity contribution in [2.75, 3.05) is 6.54 Å². The summed E-state index contributed by atoms with van der Waals surface area (Å²) < 4.78 is 25.9. The third-order valence-corrected chi connectivity index (χ3v) is 1.94. The Balaban J connectivity index is 2.58. The molecule has 5 heteroatoms. The first-order valence-corrected chi connectivity index (χ1v) is 4.24. The molecule has 0 aliphatic heterocycles. The van der Waals surface area contributed by atoms with E-state index in [0.717, 1.165) is 6.07 Å². The van der Waals surface area contributed by atoms with E-state index < -0.39 is 11.6 Å². The minimum atomic E-state index is -0.653. The molecule has 0 aliphatic rings. The van der Waals surface area contributed by atoms with E-state index in [1.165, 1.54) is 6.07 Å². The second kappa shape index (κ2) is 3.34. The van der Waals surface area contributed by atoms with Gasteiger partial charge in [-0.2, -0.15) is 0 Å². The summed E-state index contributed by atoms with van der Waals surface area (Å²) in [6.45, 7) is 0.421. The number of benzene rings is 1. The Morgan fingerprint density at radius 3 is 2.86 bits per heavy atom. The average molecular weight is 197 g/mol. The van der Waals surface area contributed by atoms with Gasteiger partial charge in [-0.25, -0.2) is 13.8 Å². The van der Waals surface area contributed by atoms with Crippen LogP contribution in [0.1, 0.15) is 5.82 Å². The summed E-state index contributed by atoms with van der Waals surface area (Å²) in [6, 6.07) is 2.03. The molecule has 0 atom stereocenters. The molecule has 2 aromatic rings. The Morgan fingerprint density at radius 1 is 1.36 bits per heavy atom. The number of hydrogen-bond donors (Lipinski definition) is 2. The zero-order chi connectivity index (χ0) is 10.1. The van der Waals surface area contributed by atoms with Crippen molar-refractivity contribution < 1.29 is 8.78 Å². The van der Waals surface area contributed by atoms with Crippen LogP contribution in [-0.4, -0.2) is 16.5 Å². The molecule has 0 unspecified atom stereocenters. The molecule has 1 heterocycles. The van der Waals surface area contributed by atoms with Gasteiger partial charge in [-0.15, -0.1) is 0 Å². The number of nitrogens with two attached hydrogens (primary N) is 1. The van der Waals surface area contributed by atoms with E-state index in [1.54, 1.807) is 0 Å². The van der Waals surface area contributed by atoms with Crippen LogP contribution in [0.2, 0.25) is 0 Å². The SMILES string of the molecule is NCCc1nc2c(F)cc(F)cc2[nH]1. The number of aromatic nitrogens is 2. The summed E-state index contributed by atoms with van der Waals surface area (Å²) in [5, 5.41) is 0. The molecular weight excluding hydrogens is 188 g/mol. The van der Waals surface area contributed by atoms with Gasteiger partial charge >= 0.3 is 0 Å². The normalized spacial score (nSPS) is 11.1. The molecule has 3 nitrogen and oxygen atoms in total. The van der Waals surface area contributed by atoms with Crippen LogP contribution in [0.5, 0.6) is 0 Å². The maximum atomic E-state index is 13.1. The monoisotopic (exact) mass is 197 g/mol. The molecule has 0 amide bonds. The van der Waals surface area contributed by atoms with Gasteiger partial charge in [-0.1, -0.05) is 0 Å². The second-order valence-electron chi connectivity index (χ2n) is 3.01. The number of H-pyrrole nitrogens is 1. The van der Waals surface area contributed by atoms with Gasteiger partial charge in [0.05, 0.1) is 5.52 Å². The number of fused-ring (bicyclic) bond motifs is 1. The maximum absolute atomic E-state index is 13.1. The van der Waals surface area contributed by atoms with Gasteiger partial charge in [-0.05, 0) is 12.6 Å². The largest absolute Gasteiger partial charge is 0.342 e. The molecule has 0 saturated carbocycles. The zero-order valence-electron chi connectivity index (χ0n) is 7.35. The Labute approximate surface area is 78.9 Å². The van der Waals surface area contributed by atoms with Gasteiger partial charge in [0.2, 0.25) is 0 Å². The maximum Gasteiger partial charge on any atom is 0.153 e. The highest BCUT2D eigenvalue weighted by Crippen LogP contribution is 2.17. The minimum absolute atomic E-state index is 0.162. The third-order valence-electron chi connectivity index (χ3n) is 1.94. The molecule has 2 rings (SSSR count). The van der Waals surface area contributed by atoms with Gasteiger partial charge in [0.1, 0.15) is 17.2 Å². The number of nitrogens with one attached hydrogen (secondary N) is 1. The predicted molar refractivity (Wildman–Crippen MR) is 48.8 cm³/mol. The molecule has 0 saturated heterocycles. The Bertz CT molecular complexity index is 464. The van der Waals surface area contributed by atoms with Crippen molar-refractivity contribution >= 4 is 11.0 Å². The van der Waals surface area contributed by atoms with Gasteiger partial charge < -0.3 is 10.7 Å². The number of aromatic amines is 1. The molecule has 0 bridgehead atoms. The summed E-state index contributed by atoms with van der Waals surface area (Å²) in [5.74, 6) is -0.690. The van der Waals surface area contributed by atoms with Gasteiger partial charge in [-0.3, -0.25) is 0 Å². The summed E-state index contributed by atoms with van der Waals surface area (Å²) in [4.78, 5) is 6.77. The van der Waals surface area contributed by atoms with Crippen LogP contribution in [0.3, 0.4) is 0 Å². The molecule has 1 aromatic carbocycles. The van der Waals surface area contributed by atoms with E-state index in [-0.39, 0.29) is 5.52 Å². The lowest BCUT2D eigenvalue weighted by Crippen LogP contribution is -2.03. The quantitative estimate of drug-likeness (QED) is 0.763. The zero-order valence-corrected chi connectivity index (χ0v) is 7.35. The fourth-order valence-electron chi connectivity index (χ4n) is 1.35. The topological polar surface area (TPSA) is 54.7 Å². The molecule has 0 radical (unpaired) electrons. The van der Waals surface area contributed by atoms with E-state index >= 15 is 0 Å². The van der Waals surface area contributed by atoms with Crippen LogP contribution >= 0.6 is 0 Å². The fraction of sp³-hybridized carbons (Fsp3) is 0.222. The molecule has 14 heavy (non-hydrogen) atoms. The summed E-state index contributed by atoms with van der Waals surface area (Å²) in [5.41, 5.74) is 5.85. The van der Waals surface area contributed by atoms with Crippen molar-refractivity contribution in [3.05, 3.63) is 29.6 Å². The molecule has 74 valence electrons. The lowest BCUT2D eigenvalue weighted by atomic mass is 10.3. The summed E-state index contributed by atoms with van der Waals surface area (Å²) in [7, 11) is 0. The highest BCUT2D eigenvalue weighted by Gasteiger charge is 2.08. The van der Waals surface area contributed by atoms with E-state index in [2.05, 4.69) is 9.97 Å². The van der Waals surface area contributed by atoms with Crippen LogP contribution in [-0.2, 0) is 6.42 Å². The highest BCUT2D eigenvalue weighted by molar-refractivity contribution is 5.75. The van der Waals surface area contributed by atoms with Crippen LogP contribution in [0.15, 0.2) is 12.1 Å². The fourth-order valence-corrected chi connectivity index (χ4v) is 1.35. The highest BCUT2D eigenvalue weighted by atomic mass is 19.1.